The predicted molar refractivity (Wildman–Crippen MR) is 88.0 cm³/mol. The van der Waals surface area contributed by atoms with Gasteiger partial charge in [0.25, 0.3) is 0 Å². The molecule has 0 spiro atoms. The van der Waals surface area contributed by atoms with Gasteiger partial charge >= 0.3 is 0 Å². The molecule has 0 aliphatic rings. The lowest BCUT2D eigenvalue weighted by Gasteiger charge is -2.26. The summed E-state index contributed by atoms with van der Waals surface area (Å²) in [4.78, 5) is 18.3. The predicted octanol–water partition coefficient (Wildman–Crippen LogP) is 3.16. The average Bonchev–Trinajstić information content (AvgIpc) is 3.04. The van der Waals surface area contributed by atoms with E-state index in [0.717, 1.165) is 17.7 Å². The Morgan fingerprint density at radius 1 is 1.41 bits per heavy atom. The van der Waals surface area contributed by atoms with E-state index in [4.69, 9.17) is 11.6 Å². The van der Waals surface area contributed by atoms with Crippen LogP contribution in [0.25, 0.3) is 0 Å². The van der Waals surface area contributed by atoms with Crippen molar-refractivity contribution in [2.24, 2.45) is 0 Å². The number of halogens is 1. The number of benzene rings is 1. The van der Waals surface area contributed by atoms with Crippen LogP contribution in [-0.4, -0.2) is 26.0 Å². The number of hydrogen-bond donors (Lipinski definition) is 0. The van der Waals surface area contributed by atoms with Crippen molar-refractivity contribution in [1.29, 1.82) is 0 Å². The van der Waals surface area contributed by atoms with Crippen molar-refractivity contribution in [2.45, 2.75) is 45.7 Å². The van der Waals surface area contributed by atoms with Crippen LogP contribution in [0, 0.1) is 6.92 Å². The molecule has 1 atom stereocenters. The first kappa shape index (κ1) is 16.5. The summed E-state index contributed by atoms with van der Waals surface area (Å²) in [6.45, 7) is 6.33. The van der Waals surface area contributed by atoms with E-state index in [1.54, 1.807) is 15.9 Å². The van der Waals surface area contributed by atoms with Crippen LogP contribution < -0.4 is 4.90 Å². The number of carbonyl (C=O) groups excluding carboxylic acids is 1. The highest BCUT2D eigenvalue weighted by Crippen LogP contribution is 2.25. The van der Waals surface area contributed by atoms with E-state index in [0.29, 0.717) is 13.1 Å². The van der Waals surface area contributed by atoms with Gasteiger partial charge in [-0.2, -0.15) is 5.10 Å². The minimum Gasteiger partial charge on any atom is -0.291 e. The van der Waals surface area contributed by atoms with Gasteiger partial charge in [0.05, 0.1) is 0 Å². The molecule has 1 heterocycles. The van der Waals surface area contributed by atoms with E-state index in [1.807, 2.05) is 26.0 Å². The Hall–Kier alpha value is -1.88. The number of aromatic nitrogens is 3. The third-order valence-corrected chi connectivity index (χ3v) is 4.05. The van der Waals surface area contributed by atoms with Crippen molar-refractivity contribution in [3.63, 3.8) is 0 Å². The summed E-state index contributed by atoms with van der Waals surface area (Å²) in [6, 6.07) is 6.08. The molecule has 0 radical (unpaired) electrons. The van der Waals surface area contributed by atoms with Crippen molar-refractivity contribution >= 4 is 23.2 Å². The molecule has 0 fully saturated rings. The highest BCUT2D eigenvalue weighted by molar-refractivity contribution is 6.32. The van der Waals surface area contributed by atoms with Crippen LogP contribution in [0.2, 0.25) is 0 Å². The molecule has 1 unspecified atom stereocenters. The monoisotopic (exact) mass is 320 g/mol. The van der Waals surface area contributed by atoms with E-state index < -0.39 is 5.38 Å². The molecular weight excluding hydrogens is 300 g/mol. The van der Waals surface area contributed by atoms with Gasteiger partial charge in [-0.05, 0) is 31.4 Å². The van der Waals surface area contributed by atoms with Crippen LogP contribution in [0.3, 0.4) is 0 Å². The highest BCUT2D eigenvalue weighted by atomic mass is 35.5. The van der Waals surface area contributed by atoms with Gasteiger partial charge in [0.2, 0.25) is 5.91 Å². The van der Waals surface area contributed by atoms with Gasteiger partial charge in [0.1, 0.15) is 24.7 Å². The Morgan fingerprint density at radius 3 is 2.77 bits per heavy atom. The number of anilines is 1. The second-order valence-electron chi connectivity index (χ2n) is 5.20. The van der Waals surface area contributed by atoms with E-state index in [1.165, 1.54) is 11.9 Å². The molecule has 118 valence electrons. The molecule has 0 N–H and O–H groups in total. The lowest BCUT2D eigenvalue weighted by molar-refractivity contribution is -0.118. The maximum absolute atomic E-state index is 12.7. The molecule has 0 saturated carbocycles. The first-order chi connectivity index (χ1) is 10.6. The molecule has 1 aromatic carbocycles. The molecule has 0 saturated heterocycles. The summed E-state index contributed by atoms with van der Waals surface area (Å²) < 4.78 is 1.62. The standard InChI is InChI=1S/C16H21ClN4O/c1-4-13-8-12(3)6-7-15(13)21(16(22)14(17)5-2)11-20-10-18-9-19-20/h6-10,14H,4-5,11H2,1-3H3. The summed E-state index contributed by atoms with van der Waals surface area (Å²) in [5.41, 5.74) is 3.17. The second kappa shape index (κ2) is 7.40. The van der Waals surface area contributed by atoms with E-state index in [9.17, 15) is 4.79 Å². The van der Waals surface area contributed by atoms with Crippen molar-refractivity contribution in [2.75, 3.05) is 4.90 Å². The van der Waals surface area contributed by atoms with Gasteiger partial charge in [0, 0.05) is 5.69 Å². The van der Waals surface area contributed by atoms with Crippen LogP contribution >= 0.6 is 11.6 Å². The van der Waals surface area contributed by atoms with E-state index >= 15 is 0 Å². The van der Waals surface area contributed by atoms with Crippen LogP contribution in [0.15, 0.2) is 30.9 Å². The van der Waals surface area contributed by atoms with Crippen molar-refractivity contribution in [3.8, 4) is 0 Å². The zero-order valence-electron chi connectivity index (χ0n) is 13.2. The fourth-order valence-electron chi connectivity index (χ4n) is 2.32. The maximum atomic E-state index is 12.7. The molecule has 2 aromatic rings. The van der Waals surface area contributed by atoms with Crippen LogP contribution in [0.5, 0.6) is 0 Å². The summed E-state index contributed by atoms with van der Waals surface area (Å²) in [7, 11) is 0. The summed E-state index contributed by atoms with van der Waals surface area (Å²) in [6.07, 6.45) is 4.48. The van der Waals surface area contributed by atoms with E-state index in [-0.39, 0.29) is 5.91 Å². The zero-order chi connectivity index (χ0) is 16.1. The second-order valence-corrected chi connectivity index (χ2v) is 5.73. The Kier molecular flexibility index (Phi) is 5.55. The van der Waals surface area contributed by atoms with Crippen LogP contribution in [-0.2, 0) is 17.9 Å². The van der Waals surface area contributed by atoms with Gasteiger partial charge in [-0.25, -0.2) is 9.67 Å². The Morgan fingerprint density at radius 2 is 2.18 bits per heavy atom. The molecule has 1 amide bonds. The number of alkyl halides is 1. The molecule has 5 nitrogen and oxygen atoms in total. The van der Waals surface area contributed by atoms with Crippen LogP contribution in [0.1, 0.15) is 31.4 Å². The molecule has 6 heteroatoms. The minimum absolute atomic E-state index is 0.113. The lowest BCUT2D eigenvalue weighted by Crippen LogP contribution is -2.38. The summed E-state index contributed by atoms with van der Waals surface area (Å²) >= 11 is 6.19. The first-order valence-electron chi connectivity index (χ1n) is 7.44. The molecule has 0 aliphatic heterocycles. The number of rotatable bonds is 6. The molecule has 1 aromatic heterocycles. The molecule has 0 bridgehead atoms. The number of nitrogens with zero attached hydrogens (tertiary/aromatic N) is 4. The van der Waals surface area contributed by atoms with E-state index in [2.05, 4.69) is 23.1 Å². The SMILES string of the molecule is CCc1cc(C)ccc1N(Cn1cncn1)C(=O)C(Cl)CC. The van der Waals surface area contributed by atoms with Crippen molar-refractivity contribution in [3.05, 3.63) is 42.0 Å². The Labute approximate surface area is 135 Å². The maximum Gasteiger partial charge on any atom is 0.246 e. The van der Waals surface area contributed by atoms with Gasteiger partial charge < -0.3 is 0 Å². The average molecular weight is 321 g/mol. The quantitative estimate of drug-likeness (QED) is 0.768. The normalized spacial score (nSPS) is 12.2. The minimum atomic E-state index is -0.547. The number of aryl methyl sites for hydroxylation is 2. The smallest absolute Gasteiger partial charge is 0.246 e. The Balaban J connectivity index is 2.41. The summed E-state index contributed by atoms with van der Waals surface area (Å²) in [5, 5.41) is 3.54. The third-order valence-electron chi connectivity index (χ3n) is 3.55. The fraction of sp³-hybridized carbons (Fsp3) is 0.438. The third kappa shape index (κ3) is 3.65. The van der Waals surface area contributed by atoms with Crippen molar-refractivity contribution in [1.82, 2.24) is 14.8 Å². The molecule has 2 rings (SSSR count). The van der Waals surface area contributed by atoms with Crippen molar-refractivity contribution < 1.29 is 4.79 Å². The van der Waals surface area contributed by atoms with Gasteiger partial charge in [0.15, 0.2) is 0 Å². The molecular formula is C16H21ClN4O. The summed E-state index contributed by atoms with van der Waals surface area (Å²) in [5.74, 6) is -0.113. The topological polar surface area (TPSA) is 51.0 Å². The Bertz CT molecular complexity index is 627. The van der Waals surface area contributed by atoms with Crippen LogP contribution in [0.4, 0.5) is 5.69 Å². The zero-order valence-corrected chi connectivity index (χ0v) is 13.9. The first-order valence-corrected chi connectivity index (χ1v) is 7.87. The highest BCUT2D eigenvalue weighted by Gasteiger charge is 2.24. The number of amides is 1. The number of hydrogen-bond acceptors (Lipinski definition) is 3. The fourth-order valence-corrected chi connectivity index (χ4v) is 2.44. The van der Waals surface area contributed by atoms with Gasteiger partial charge in [-0.1, -0.05) is 31.5 Å². The number of carbonyl (C=O) groups is 1. The van der Waals surface area contributed by atoms with Gasteiger partial charge in [-0.15, -0.1) is 11.6 Å². The molecule has 22 heavy (non-hydrogen) atoms. The largest absolute Gasteiger partial charge is 0.291 e. The molecule has 0 aliphatic carbocycles. The lowest BCUT2D eigenvalue weighted by atomic mass is 10.1. The van der Waals surface area contributed by atoms with Gasteiger partial charge in [-0.3, -0.25) is 9.69 Å².